The van der Waals surface area contributed by atoms with Crippen LogP contribution in [-0.4, -0.2) is 42.5 Å². The first-order valence-electron chi connectivity index (χ1n) is 13.3. The van der Waals surface area contributed by atoms with Crippen molar-refractivity contribution in [1.82, 2.24) is 9.29 Å². The largest absolute Gasteiger partial charge is 0.461 e. The number of aromatic nitrogens is 1. The smallest absolute Gasteiger partial charge is 0.356 e. The highest BCUT2D eigenvalue weighted by Gasteiger charge is 2.40. The molecule has 2 atom stereocenters. The first-order chi connectivity index (χ1) is 17.7. The van der Waals surface area contributed by atoms with Crippen LogP contribution in [0.3, 0.4) is 0 Å². The molecule has 2 aliphatic rings. The summed E-state index contributed by atoms with van der Waals surface area (Å²) in [4.78, 5) is 17.5. The number of hydrogen-bond acceptors (Lipinski definition) is 5. The summed E-state index contributed by atoms with van der Waals surface area (Å²) < 4.78 is 20.2. The Hall–Kier alpha value is -2.53. The van der Waals surface area contributed by atoms with Gasteiger partial charge in [0.1, 0.15) is 16.7 Å². The summed E-state index contributed by atoms with van der Waals surface area (Å²) in [6.45, 7) is 8.22. The summed E-state index contributed by atoms with van der Waals surface area (Å²) in [6.07, 6.45) is 6.49. The van der Waals surface area contributed by atoms with E-state index in [0.29, 0.717) is 24.6 Å². The third-order valence-corrected chi connectivity index (χ3v) is 8.87. The van der Waals surface area contributed by atoms with Crippen LogP contribution >= 0.6 is 0 Å². The van der Waals surface area contributed by atoms with Crippen molar-refractivity contribution >= 4 is 17.0 Å². The van der Waals surface area contributed by atoms with Gasteiger partial charge >= 0.3 is 5.97 Å². The third kappa shape index (κ3) is 6.31. The van der Waals surface area contributed by atoms with E-state index in [0.717, 1.165) is 28.7 Å². The summed E-state index contributed by atoms with van der Waals surface area (Å²) in [5.41, 5.74) is 4.45. The number of carbonyl (C=O) groups excluding carboxylic acids is 1. The van der Waals surface area contributed by atoms with Crippen molar-refractivity contribution in [3.63, 3.8) is 0 Å². The highest BCUT2D eigenvalue weighted by Crippen LogP contribution is 2.44. The van der Waals surface area contributed by atoms with Crippen LogP contribution in [0.15, 0.2) is 30.3 Å². The number of nitrogens with zero attached hydrogens (tertiary/aromatic N) is 2. The molecule has 0 amide bonds. The molecule has 37 heavy (non-hydrogen) atoms. The fourth-order valence-corrected chi connectivity index (χ4v) is 6.66. The van der Waals surface area contributed by atoms with Gasteiger partial charge in [-0.05, 0) is 76.6 Å². The van der Waals surface area contributed by atoms with Crippen LogP contribution in [0.2, 0.25) is 0 Å². The predicted molar refractivity (Wildman–Crippen MR) is 147 cm³/mol. The van der Waals surface area contributed by atoms with Crippen molar-refractivity contribution in [2.75, 3.05) is 13.2 Å². The van der Waals surface area contributed by atoms with E-state index in [4.69, 9.17) is 9.72 Å². The van der Waals surface area contributed by atoms with Crippen molar-refractivity contribution in [1.29, 1.82) is 0 Å². The van der Waals surface area contributed by atoms with Gasteiger partial charge in [0.15, 0.2) is 0 Å². The summed E-state index contributed by atoms with van der Waals surface area (Å²) in [5, 5.41) is 9.92. The molecule has 6 nitrogen and oxygen atoms in total. The molecule has 198 valence electrons. The van der Waals surface area contributed by atoms with Crippen molar-refractivity contribution in [2.45, 2.75) is 83.6 Å². The number of aliphatic hydroxyl groups is 1. The maximum Gasteiger partial charge on any atom is 0.356 e. The predicted octanol–water partition coefficient (Wildman–Crippen LogP) is 5.56. The maximum atomic E-state index is 13.5. The van der Waals surface area contributed by atoms with Crippen molar-refractivity contribution in [3.8, 4) is 23.1 Å². The minimum atomic E-state index is -1.31. The lowest BCUT2D eigenvalue weighted by atomic mass is 9.95. The molecule has 1 N–H and O–H groups in total. The molecule has 1 aliphatic carbocycles. The molecule has 1 aromatic carbocycles. The van der Waals surface area contributed by atoms with Crippen LogP contribution in [0, 0.1) is 17.8 Å². The topological polar surface area (TPSA) is 79.7 Å². The van der Waals surface area contributed by atoms with Gasteiger partial charge in [0.2, 0.25) is 0 Å². The summed E-state index contributed by atoms with van der Waals surface area (Å²) in [5.74, 6) is 6.91. The van der Waals surface area contributed by atoms with Gasteiger partial charge < -0.3 is 9.84 Å². The Morgan fingerprint density at radius 1 is 1.24 bits per heavy atom. The lowest BCUT2D eigenvalue weighted by molar-refractivity contribution is 0.0519. The molecular weight excluding hydrogens is 484 g/mol. The van der Waals surface area contributed by atoms with Gasteiger partial charge in [-0.1, -0.05) is 36.8 Å². The average Bonchev–Trinajstić information content (AvgIpc) is 3.51. The van der Waals surface area contributed by atoms with Crippen molar-refractivity contribution < 1.29 is 18.8 Å². The maximum absolute atomic E-state index is 13.5. The first-order valence-corrected chi connectivity index (χ1v) is 14.4. The van der Waals surface area contributed by atoms with Gasteiger partial charge in [0.05, 0.1) is 23.1 Å². The Morgan fingerprint density at radius 2 is 2.00 bits per heavy atom. The van der Waals surface area contributed by atoms with Gasteiger partial charge in [0, 0.05) is 36.3 Å². The Kier molecular flexibility index (Phi) is 8.84. The van der Waals surface area contributed by atoms with Crippen LogP contribution in [0.25, 0.3) is 11.3 Å². The number of rotatable bonds is 7. The number of benzene rings is 1. The van der Waals surface area contributed by atoms with Gasteiger partial charge in [-0.2, -0.15) is 0 Å². The Labute approximate surface area is 223 Å². The zero-order valence-corrected chi connectivity index (χ0v) is 23.2. The van der Waals surface area contributed by atoms with Gasteiger partial charge in [-0.3, -0.25) is 0 Å². The second-order valence-electron chi connectivity index (χ2n) is 10.9. The molecule has 1 fully saturated rings. The molecule has 1 aromatic heterocycles. The van der Waals surface area contributed by atoms with E-state index in [2.05, 4.69) is 11.8 Å². The van der Waals surface area contributed by atoms with Crippen molar-refractivity contribution in [2.24, 2.45) is 5.92 Å². The van der Waals surface area contributed by atoms with Gasteiger partial charge in [-0.25, -0.2) is 18.3 Å². The number of carbonyl (C=O) groups is 1. The van der Waals surface area contributed by atoms with Crippen LogP contribution in [-0.2, 0) is 22.3 Å². The fourth-order valence-electron chi connectivity index (χ4n) is 5.25. The molecule has 1 saturated carbocycles. The average molecular weight is 523 g/mol. The Morgan fingerprint density at radius 3 is 2.68 bits per heavy atom. The van der Waals surface area contributed by atoms with E-state index in [-0.39, 0.29) is 24.9 Å². The number of pyridine rings is 1. The molecule has 0 spiro atoms. The van der Waals surface area contributed by atoms with E-state index >= 15 is 0 Å². The summed E-state index contributed by atoms with van der Waals surface area (Å²) in [7, 11) is -1.31. The highest BCUT2D eigenvalue weighted by atomic mass is 32.2. The van der Waals surface area contributed by atoms with E-state index < -0.39 is 21.7 Å². The standard InChI is InChI=1S/C30H38N2O4S/c1-5-36-29(34)25-19-24-20-32(37(35)30(2,3)4)26(16-17-33)27(24)28(31-25)23-15-9-14-22(18-23)13-8-12-21-10-6-7-11-21/h9,14-15,18-19,21,26,33H,5-7,10-12,16-17,20H2,1-4H3/t26-,37-/m1/s1. The highest BCUT2D eigenvalue weighted by molar-refractivity contribution is 7.84. The van der Waals surface area contributed by atoms with Crippen LogP contribution < -0.4 is 0 Å². The lowest BCUT2D eigenvalue weighted by Gasteiger charge is -2.30. The quantitative estimate of drug-likeness (QED) is 0.381. The number of hydrogen-bond donors (Lipinski definition) is 1. The van der Waals surface area contributed by atoms with Crippen molar-refractivity contribution in [3.05, 3.63) is 52.7 Å². The Balaban J connectivity index is 1.78. The zero-order chi connectivity index (χ0) is 26.6. The molecule has 2 heterocycles. The second kappa shape index (κ2) is 11.9. The fraction of sp³-hybridized carbons (Fsp3) is 0.533. The molecule has 0 bridgehead atoms. The monoisotopic (exact) mass is 522 g/mol. The normalized spacial score (nSPS) is 18.8. The van der Waals surface area contributed by atoms with Gasteiger partial charge in [-0.15, -0.1) is 0 Å². The van der Waals surface area contributed by atoms with E-state index in [9.17, 15) is 14.1 Å². The van der Waals surface area contributed by atoms with Crippen LogP contribution in [0.1, 0.15) is 99.4 Å². The van der Waals surface area contributed by atoms with Crippen LogP contribution in [0.5, 0.6) is 0 Å². The molecule has 7 heteroatoms. The first kappa shape index (κ1) is 27.5. The number of aliphatic hydroxyl groups excluding tert-OH is 1. The number of esters is 1. The molecule has 0 unspecified atom stereocenters. The molecule has 2 aromatic rings. The third-order valence-electron chi connectivity index (χ3n) is 7.01. The lowest BCUT2D eigenvalue weighted by Crippen LogP contribution is -2.36. The minimum Gasteiger partial charge on any atom is -0.461 e. The van der Waals surface area contributed by atoms with Gasteiger partial charge in [0.25, 0.3) is 0 Å². The Bertz CT molecular complexity index is 1220. The zero-order valence-electron chi connectivity index (χ0n) is 22.4. The minimum absolute atomic E-state index is 0.0479. The van der Waals surface area contributed by atoms with Crippen LogP contribution in [0.4, 0.5) is 0 Å². The van der Waals surface area contributed by atoms with E-state index in [1.165, 1.54) is 25.7 Å². The van der Waals surface area contributed by atoms with E-state index in [1.807, 2.05) is 49.3 Å². The molecule has 0 saturated heterocycles. The van der Waals surface area contributed by atoms with E-state index in [1.54, 1.807) is 13.0 Å². The number of ether oxygens (including phenoxy) is 1. The molecule has 4 rings (SSSR count). The summed E-state index contributed by atoms with van der Waals surface area (Å²) in [6, 6.07) is 9.41. The SMILES string of the molecule is CCOC(=O)c1cc2c(c(-c3cccc(C#CCC4CCCC4)c3)n1)[C@@H](CCO)N([S@](=O)C(C)(C)C)C2. The molecule has 0 radical (unpaired) electrons. The number of fused-ring (bicyclic) bond motifs is 1. The molecule has 1 aliphatic heterocycles. The second-order valence-corrected chi connectivity index (χ2v) is 13.0. The summed E-state index contributed by atoms with van der Waals surface area (Å²) >= 11 is 0. The molecular formula is C30H38N2O4S.